The first-order valence-corrected chi connectivity index (χ1v) is 6.19. The number of aryl methyl sites for hydroxylation is 2. The first-order chi connectivity index (χ1) is 8.13. The van der Waals surface area contributed by atoms with Crippen molar-refractivity contribution in [1.82, 2.24) is 0 Å². The smallest absolute Gasteiger partial charge is 0.119 e. The maximum absolute atomic E-state index is 9.36. The fraction of sp³-hybridized carbons (Fsp3) is 0.143. The molecule has 0 fully saturated rings. The van der Waals surface area contributed by atoms with Crippen molar-refractivity contribution >= 4 is 15.9 Å². The van der Waals surface area contributed by atoms with Gasteiger partial charge >= 0.3 is 0 Å². The molecule has 0 unspecified atom stereocenters. The summed E-state index contributed by atoms with van der Waals surface area (Å²) < 4.78 is 1.07. The van der Waals surface area contributed by atoms with Gasteiger partial charge in [-0.3, -0.25) is 0 Å². The normalized spacial score (nSPS) is 10.4. The number of benzene rings is 2. The first kappa shape index (κ1) is 12.0. The Kier molecular flexibility index (Phi) is 3.69. The molecule has 0 saturated carbocycles. The molecular weight excluding hydrogens is 280 g/mol. The van der Waals surface area contributed by atoms with Gasteiger partial charge in [-0.2, -0.15) is 0 Å². The lowest BCUT2D eigenvalue weighted by molar-refractivity contribution is 0.449. The molecule has 17 heavy (non-hydrogen) atoms. The van der Waals surface area contributed by atoms with Gasteiger partial charge in [-0.05, 0) is 48.2 Å². The summed E-state index contributed by atoms with van der Waals surface area (Å²) in [5, 5.41) is 18.7. The molecule has 0 saturated heterocycles. The molecule has 0 bridgehead atoms. The molecule has 0 radical (unpaired) electrons. The van der Waals surface area contributed by atoms with Crippen molar-refractivity contribution < 1.29 is 10.2 Å². The van der Waals surface area contributed by atoms with Crippen molar-refractivity contribution in [2.75, 3.05) is 0 Å². The van der Waals surface area contributed by atoms with Crippen LogP contribution in [0.5, 0.6) is 11.5 Å². The Morgan fingerprint density at radius 2 is 1.29 bits per heavy atom. The minimum Gasteiger partial charge on any atom is -0.508 e. The lowest BCUT2D eigenvalue weighted by atomic mass is 10.0. The van der Waals surface area contributed by atoms with Crippen LogP contribution in [0, 0.1) is 0 Å². The molecule has 0 atom stereocenters. The summed E-state index contributed by atoms with van der Waals surface area (Å²) >= 11 is 3.39. The Balaban J connectivity index is 2.04. The van der Waals surface area contributed by atoms with Crippen molar-refractivity contribution in [2.24, 2.45) is 0 Å². The van der Waals surface area contributed by atoms with Crippen LogP contribution in [0.15, 0.2) is 46.9 Å². The average Bonchev–Trinajstić information content (AvgIpc) is 2.27. The molecular formula is C14H13BrO2. The zero-order chi connectivity index (χ0) is 12.3. The molecule has 0 amide bonds. The molecule has 0 aliphatic rings. The van der Waals surface area contributed by atoms with Crippen LogP contribution in [-0.4, -0.2) is 10.2 Å². The van der Waals surface area contributed by atoms with Crippen LogP contribution in [0.1, 0.15) is 11.1 Å². The molecule has 2 nitrogen and oxygen atoms in total. The maximum atomic E-state index is 9.36. The van der Waals surface area contributed by atoms with E-state index in [9.17, 15) is 10.2 Å². The van der Waals surface area contributed by atoms with Crippen molar-refractivity contribution in [3.63, 3.8) is 0 Å². The average molecular weight is 293 g/mol. The predicted octanol–water partition coefficient (Wildman–Crippen LogP) is 3.65. The monoisotopic (exact) mass is 292 g/mol. The number of rotatable bonds is 3. The van der Waals surface area contributed by atoms with E-state index in [1.165, 1.54) is 11.6 Å². The van der Waals surface area contributed by atoms with Crippen LogP contribution in [-0.2, 0) is 12.8 Å². The summed E-state index contributed by atoms with van der Waals surface area (Å²) in [5.74, 6) is 0.214. The Morgan fingerprint density at radius 1 is 0.765 bits per heavy atom. The van der Waals surface area contributed by atoms with Gasteiger partial charge in [0, 0.05) is 10.5 Å². The zero-order valence-corrected chi connectivity index (χ0v) is 10.8. The number of phenols is 2. The van der Waals surface area contributed by atoms with E-state index in [2.05, 4.69) is 28.1 Å². The highest BCUT2D eigenvalue weighted by Crippen LogP contribution is 2.21. The van der Waals surface area contributed by atoms with Crippen molar-refractivity contribution in [3.8, 4) is 11.5 Å². The van der Waals surface area contributed by atoms with E-state index >= 15 is 0 Å². The lowest BCUT2D eigenvalue weighted by Gasteiger charge is -2.04. The Labute approximate surface area is 109 Å². The number of phenolic OH excluding ortho intramolecular Hbond substituents is 2. The van der Waals surface area contributed by atoms with E-state index in [0.717, 1.165) is 22.9 Å². The second kappa shape index (κ2) is 5.23. The lowest BCUT2D eigenvalue weighted by Crippen LogP contribution is -1.91. The Morgan fingerprint density at radius 3 is 1.88 bits per heavy atom. The summed E-state index contributed by atoms with van der Waals surface area (Å²) in [5.41, 5.74) is 2.17. The highest BCUT2D eigenvalue weighted by Gasteiger charge is 2.00. The Hall–Kier alpha value is -1.48. The molecule has 0 aliphatic carbocycles. The molecule has 0 spiro atoms. The summed E-state index contributed by atoms with van der Waals surface area (Å²) in [6, 6.07) is 12.8. The zero-order valence-electron chi connectivity index (χ0n) is 9.23. The Bertz CT molecular complexity index is 486. The molecule has 2 aromatic rings. The van der Waals surface area contributed by atoms with Crippen LogP contribution in [0.25, 0.3) is 0 Å². The van der Waals surface area contributed by atoms with Gasteiger partial charge in [-0.15, -0.1) is 0 Å². The maximum Gasteiger partial charge on any atom is 0.119 e. The molecule has 0 aliphatic heterocycles. The number of hydrogen-bond acceptors (Lipinski definition) is 2. The van der Waals surface area contributed by atoms with Crippen molar-refractivity contribution in [3.05, 3.63) is 58.1 Å². The molecule has 88 valence electrons. The van der Waals surface area contributed by atoms with Gasteiger partial charge in [0.05, 0.1) is 0 Å². The van der Waals surface area contributed by atoms with Crippen molar-refractivity contribution in [1.29, 1.82) is 0 Å². The quantitative estimate of drug-likeness (QED) is 0.907. The second-order valence-electron chi connectivity index (χ2n) is 3.98. The molecule has 2 N–H and O–H groups in total. The summed E-state index contributed by atoms with van der Waals surface area (Å²) in [7, 11) is 0. The fourth-order valence-corrected chi connectivity index (χ4v) is 2.00. The van der Waals surface area contributed by atoms with E-state index < -0.39 is 0 Å². The molecule has 2 aromatic carbocycles. The second-order valence-corrected chi connectivity index (χ2v) is 4.90. The van der Waals surface area contributed by atoms with E-state index in [1.54, 1.807) is 12.1 Å². The predicted molar refractivity (Wildman–Crippen MR) is 71.3 cm³/mol. The highest BCUT2D eigenvalue weighted by atomic mass is 79.9. The van der Waals surface area contributed by atoms with Gasteiger partial charge in [-0.25, -0.2) is 0 Å². The minimum absolute atomic E-state index is 0.107. The third kappa shape index (κ3) is 3.49. The molecule has 3 heteroatoms. The summed E-state index contributed by atoms with van der Waals surface area (Å²) in [4.78, 5) is 0. The third-order valence-electron chi connectivity index (χ3n) is 2.58. The first-order valence-electron chi connectivity index (χ1n) is 5.40. The van der Waals surface area contributed by atoms with E-state index in [0.29, 0.717) is 0 Å². The standard InChI is InChI=1S/C14H13BrO2/c15-12-5-3-10(4-6-12)1-2-11-7-13(16)9-14(17)8-11/h3-9,16-17H,1-2H2. The van der Waals surface area contributed by atoms with E-state index in [4.69, 9.17) is 0 Å². The largest absolute Gasteiger partial charge is 0.508 e. The summed E-state index contributed by atoms with van der Waals surface area (Å²) in [6.07, 6.45) is 1.68. The van der Waals surface area contributed by atoms with Crippen LogP contribution < -0.4 is 0 Å². The molecule has 2 rings (SSSR count). The van der Waals surface area contributed by atoms with Gasteiger partial charge in [0.1, 0.15) is 11.5 Å². The highest BCUT2D eigenvalue weighted by molar-refractivity contribution is 9.10. The van der Waals surface area contributed by atoms with E-state index in [1.807, 2.05) is 12.1 Å². The topological polar surface area (TPSA) is 40.5 Å². The van der Waals surface area contributed by atoms with Crippen LogP contribution in [0.4, 0.5) is 0 Å². The SMILES string of the molecule is Oc1cc(O)cc(CCc2ccc(Br)cc2)c1. The van der Waals surface area contributed by atoms with Gasteiger partial charge in [0.2, 0.25) is 0 Å². The van der Waals surface area contributed by atoms with Crippen LogP contribution in [0.3, 0.4) is 0 Å². The molecule has 0 heterocycles. The number of halogens is 1. The van der Waals surface area contributed by atoms with Crippen molar-refractivity contribution in [2.45, 2.75) is 12.8 Å². The van der Waals surface area contributed by atoms with Gasteiger partial charge in [0.25, 0.3) is 0 Å². The van der Waals surface area contributed by atoms with Gasteiger partial charge in [0.15, 0.2) is 0 Å². The van der Waals surface area contributed by atoms with Gasteiger partial charge in [-0.1, -0.05) is 28.1 Å². The molecule has 0 aromatic heterocycles. The third-order valence-corrected chi connectivity index (χ3v) is 3.11. The van der Waals surface area contributed by atoms with Gasteiger partial charge < -0.3 is 10.2 Å². The van der Waals surface area contributed by atoms with Crippen LogP contribution >= 0.6 is 15.9 Å². The summed E-state index contributed by atoms with van der Waals surface area (Å²) in [6.45, 7) is 0. The fourth-order valence-electron chi connectivity index (χ4n) is 1.74. The van der Waals surface area contributed by atoms with Crippen LogP contribution in [0.2, 0.25) is 0 Å². The number of aromatic hydroxyl groups is 2. The number of hydrogen-bond donors (Lipinski definition) is 2. The minimum atomic E-state index is 0.107. The van der Waals surface area contributed by atoms with E-state index in [-0.39, 0.29) is 11.5 Å².